The highest BCUT2D eigenvalue weighted by atomic mass is 16.1. The average Bonchev–Trinajstić information content (AvgIpc) is 2.74. The van der Waals surface area contributed by atoms with E-state index in [2.05, 4.69) is 56.2 Å². The Hall–Kier alpha value is -2.28. The zero-order valence-corrected chi connectivity index (χ0v) is 18.6. The molecule has 0 spiro atoms. The van der Waals surface area contributed by atoms with Crippen LogP contribution < -0.4 is 16.0 Å². The third-order valence-corrected chi connectivity index (χ3v) is 6.19. The molecule has 2 heterocycles. The van der Waals surface area contributed by atoms with Crippen molar-refractivity contribution >= 4 is 17.6 Å². The van der Waals surface area contributed by atoms with Crippen LogP contribution in [0.5, 0.6) is 0 Å². The van der Waals surface area contributed by atoms with Crippen molar-refractivity contribution in [3.63, 3.8) is 0 Å². The molecule has 30 heavy (non-hydrogen) atoms. The van der Waals surface area contributed by atoms with Gasteiger partial charge in [0.05, 0.1) is 0 Å². The third-order valence-electron chi connectivity index (χ3n) is 6.19. The second-order valence-corrected chi connectivity index (χ2v) is 8.62. The number of guanidine groups is 1. The van der Waals surface area contributed by atoms with E-state index >= 15 is 0 Å². The molecule has 1 atom stereocenters. The molecule has 0 saturated carbocycles. The van der Waals surface area contributed by atoms with Gasteiger partial charge in [-0.3, -0.25) is 14.7 Å². The molecule has 2 aliphatic heterocycles. The van der Waals surface area contributed by atoms with Crippen LogP contribution in [0.3, 0.4) is 0 Å². The maximum atomic E-state index is 11.2. The molecule has 0 aliphatic carbocycles. The Morgan fingerprint density at radius 1 is 1.23 bits per heavy atom. The van der Waals surface area contributed by atoms with Gasteiger partial charge in [-0.05, 0) is 56.3 Å². The first-order chi connectivity index (χ1) is 14.5. The Balaban J connectivity index is 1.35. The lowest BCUT2D eigenvalue weighted by molar-refractivity contribution is -0.119. The largest absolute Gasteiger partial charge is 0.370 e. The first-order valence-electron chi connectivity index (χ1n) is 11.3. The number of carbonyl (C=O) groups excluding carboxylic acids is 1. The van der Waals surface area contributed by atoms with Crippen molar-refractivity contribution < 1.29 is 4.79 Å². The van der Waals surface area contributed by atoms with Gasteiger partial charge >= 0.3 is 0 Å². The summed E-state index contributed by atoms with van der Waals surface area (Å²) in [6.07, 6.45) is 3.73. The minimum atomic E-state index is -0.202. The number of anilines is 1. The minimum absolute atomic E-state index is 0.202. The molecular formula is C23H38N6O. The van der Waals surface area contributed by atoms with Crippen molar-refractivity contribution in [2.24, 2.45) is 16.6 Å². The van der Waals surface area contributed by atoms with Gasteiger partial charge < -0.3 is 20.9 Å². The summed E-state index contributed by atoms with van der Waals surface area (Å²) >= 11 is 0. The average molecular weight is 415 g/mol. The molecule has 7 nitrogen and oxygen atoms in total. The van der Waals surface area contributed by atoms with E-state index in [9.17, 15) is 4.79 Å². The summed E-state index contributed by atoms with van der Waals surface area (Å²) in [6.45, 7) is 10.5. The standard InChI is InChI=1S/C23H38N6O/c1-19-6-3-8-21(16-19)28-14-12-27(13-15-28)10-5-9-26-23(25-2)29-11-4-7-20(18-29)17-22(24)30/h3,6,8,16,20H,4-5,7,9-15,17-18H2,1-2H3,(H2,24,30)(H,25,26). The number of nitrogens with one attached hydrogen (secondary N) is 1. The first kappa shape index (κ1) is 22.4. The number of hydrogen-bond acceptors (Lipinski definition) is 4. The van der Waals surface area contributed by atoms with E-state index in [0.717, 1.165) is 77.6 Å². The zero-order valence-electron chi connectivity index (χ0n) is 18.6. The second-order valence-electron chi connectivity index (χ2n) is 8.62. The van der Waals surface area contributed by atoms with Gasteiger partial charge in [-0.1, -0.05) is 12.1 Å². The smallest absolute Gasteiger partial charge is 0.217 e. The van der Waals surface area contributed by atoms with Gasteiger partial charge in [-0.25, -0.2) is 0 Å². The fraction of sp³-hybridized carbons (Fsp3) is 0.652. The number of aliphatic imine (C=N–C) groups is 1. The highest BCUT2D eigenvalue weighted by molar-refractivity contribution is 5.80. The lowest BCUT2D eigenvalue weighted by Gasteiger charge is -2.36. The van der Waals surface area contributed by atoms with E-state index in [0.29, 0.717) is 12.3 Å². The lowest BCUT2D eigenvalue weighted by atomic mass is 9.95. The molecule has 2 saturated heterocycles. The number of rotatable bonds is 7. The van der Waals surface area contributed by atoms with Crippen LogP contribution in [0.2, 0.25) is 0 Å². The van der Waals surface area contributed by atoms with Crippen molar-refractivity contribution in [3.05, 3.63) is 29.8 Å². The van der Waals surface area contributed by atoms with E-state index < -0.39 is 0 Å². The topological polar surface area (TPSA) is 77.2 Å². The van der Waals surface area contributed by atoms with Gasteiger partial charge in [0, 0.05) is 65.0 Å². The predicted molar refractivity (Wildman–Crippen MR) is 124 cm³/mol. The number of nitrogens with zero attached hydrogens (tertiary/aromatic N) is 4. The van der Waals surface area contributed by atoms with E-state index in [1.807, 2.05) is 7.05 Å². The van der Waals surface area contributed by atoms with Crippen molar-refractivity contribution in [1.82, 2.24) is 15.1 Å². The Kier molecular flexibility index (Phi) is 8.37. The Labute approximate surface area is 181 Å². The van der Waals surface area contributed by atoms with Crippen LogP contribution in [0.4, 0.5) is 5.69 Å². The summed E-state index contributed by atoms with van der Waals surface area (Å²) in [4.78, 5) is 23.0. The SMILES string of the molecule is CN=C(NCCCN1CCN(c2cccc(C)c2)CC1)N1CCCC(CC(N)=O)C1. The van der Waals surface area contributed by atoms with Gasteiger partial charge in [0.2, 0.25) is 5.91 Å². The van der Waals surface area contributed by atoms with E-state index in [-0.39, 0.29) is 5.91 Å². The van der Waals surface area contributed by atoms with Crippen LogP contribution in [0.15, 0.2) is 29.3 Å². The number of carbonyl (C=O) groups is 1. The van der Waals surface area contributed by atoms with Crippen molar-refractivity contribution in [2.45, 2.75) is 32.6 Å². The van der Waals surface area contributed by atoms with Crippen LogP contribution in [-0.2, 0) is 4.79 Å². The quantitative estimate of drug-likeness (QED) is 0.403. The fourth-order valence-electron chi connectivity index (χ4n) is 4.60. The molecule has 3 rings (SSSR count). The van der Waals surface area contributed by atoms with Crippen LogP contribution in [0.25, 0.3) is 0 Å². The number of amides is 1. The van der Waals surface area contributed by atoms with Crippen molar-refractivity contribution in [1.29, 1.82) is 0 Å². The maximum absolute atomic E-state index is 11.2. The van der Waals surface area contributed by atoms with E-state index in [1.165, 1.54) is 11.3 Å². The van der Waals surface area contributed by atoms with Gasteiger partial charge in [0.15, 0.2) is 5.96 Å². The molecule has 7 heteroatoms. The second kappa shape index (κ2) is 11.2. The number of benzene rings is 1. The Morgan fingerprint density at radius 3 is 2.73 bits per heavy atom. The van der Waals surface area contributed by atoms with Crippen LogP contribution in [-0.4, -0.2) is 81.1 Å². The molecular weight excluding hydrogens is 376 g/mol. The van der Waals surface area contributed by atoms with Crippen molar-refractivity contribution in [3.8, 4) is 0 Å². The molecule has 166 valence electrons. The monoisotopic (exact) mass is 414 g/mol. The highest BCUT2D eigenvalue weighted by Gasteiger charge is 2.23. The summed E-state index contributed by atoms with van der Waals surface area (Å²) in [5.41, 5.74) is 8.05. The zero-order chi connectivity index (χ0) is 21.3. The number of hydrogen-bond donors (Lipinski definition) is 2. The molecule has 0 bridgehead atoms. The van der Waals surface area contributed by atoms with Crippen LogP contribution in [0.1, 0.15) is 31.2 Å². The number of piperazine rings is 1. The number of nitrogens with two attached hydrogens (primary N) is 1. The van der Waals surface area contributed by atoms with Gasteiger partial charge in [0.25, 0.3) is 0 Å². The Bertz CT molecular complexity index is 713. The molecule has 0 radical (unpaired) electrons. The number of aryl methyl sites for hydroxylation is 1. The molecule has 1 unspecified atom stereocenters. The predicted octanol–water partition coefficient (Wildman–Crippen LogP) is 1.67. The summed E-state index contributed by atoms with van der Waals surface area (Å²) in [5, 5.41) is 3.52. The highest BCUT2D eigenvalue weighted by Crippen LogP contribution is 2.20. The minimum Gasteiger partial charge on any atom is -0.370 e. The normalized spacial score (nSPS) is 21.0. The molecule has 2 fully saturated rings. The summed E-state index contributed by atoms with van der Waals surface area (Å²) < 4.78 is 0. The van der Waals surface area contributed by atoms with Crippen LogP contribution >= 0.6 is 0 Å². The van der Waals surface area contributed by atoms with Gasteiger partial charge in [0.1, 0.15) is 0 Å². The molecule has 0 aromatic heterocycles. The summed E-state index contributed by atoms with van der Waals surface area (Å²) in [7, 11) is 1.84. The first-order valence-corrected chi connectivity index (χ1v) is 11.3. The molecule has 2 aliphatic rings. The molecule has 3 N–H and O–H groups in total. The number of primary amides is 1. The van der Waals surface area contributed by atoms with E-state index in [1.54, 1.807) is 0 Å². The number of likely N-dealkylation sites (tertiary alicyclic amines) is 1. The molecule has 1 aromatic carbocycles. The number of piperidine rings is 1. The third kappa shape index (κ3) is 6.62. The lowest BCUT2D eigenvalue weighted by Crippen LogP contribution is -2.48. The molecule has 1 aromatic rings. The Morgan fingerprint density at radius 2 is 2.03 bits per heavy atom. The van der Waals surface area contributed by atoms with Crippen molar-refractivity contribution in [2.75, 3.05) is 64.3 Å². The van der Waals surface area contributed by atoms with Crippen LogP contribution in [0, 0.1) is 12.8 Å². The maximum Gasteiger partial charge on any atom is 0.217 e. The summed E-state index contributed by atoms with van der Waals surface area (Å²) in [5.74, 6) is 1.10. The van der Waals surface area contributed by atoms with E-state index in [4.69, 9.17) is 5.73 Å². The van der Waals surface area contributed by atoms with Gasteiger partial charge in [-0.2, -0.15) is 0 Å². The fourth-order valence-corrected chi connectivity index (χ4v) is 4.60. The molecule has 1 amide bonds. The van der Waals surface area contributed by atoms with Gasteiger partial charge in [-0.15, -0.1) is 0 Å². The summed E-state index contributed by atoms with van der Waals surface area (Å²) in [6, 6.07) is 8.79.